The van der Waals surface area contributed by atoms with Crippen LogP contribution in [0.25, 0.3) is 0 Å². The number of benzene rings is 1. The first kappa shape index (κ1) is 15.7. The van der Waals surface area contributed by atoms with Crippen LogP contribution in [0.3, 0.4) is 0 Å². The van der Waals surface area contributed by atoms with E-state index in [9.17, 15) is 4.79 Å². The maximum Gasteiger partial charge on any atom is 0.251 e. The highest BCUT2D eigenvalue weighted by atomic mass is 16.1. The molecule has 0 saturated heterocycles. The van der Waals surface area contributed by atoms with Crippen molar-refractivity contribution in [2.24, 2.45) is 0 Å². The van der Waals surface area contributed by atoms with Crippen molar-refractivity contribution in [3.8, 4) is 0 Å². The number of hydrogen-bond acceptors (Lipinski definition) is 2. The number of nitrogens with one attached hydrogen (secondary N) is 1. The Bertz CT molecular complexity index is 373. The predicted octanol–water partition coefficient (Wildman–Crippen LogP) is 3.06. The van der Waals surface area contributed by atoms with Crippen LogP contribution in [0, 0.1) is 0 Å². The quantitative estimate of drug-likeness (QED) is 0.730. The number of hydrogen-bond donors (Lipinski definition) is 1. The van der Waals surface area contributed by atoms with E-state index in [0.29, 0.717) is 0 Å². The summed E-state index contributed by atoms with van der Waals surface area (Å²) in [5.41, 5.74) is 1.97. The summed E-state index contributed by atoms with van der Waals surface area (Å²) < 4.78 is 0. The van der Waals surface area contributed by atoms with Crippen LogP contribution >= 0.6 is 0 Å². The molecule has 0 atom stereocenters. The zero-order valence-electron chi connectivity index (χ0n) is 12.4. The molecule has 0 bridgehead atoms. The molecular weight excluding hydrogens is 236 g/mol. The Hall–Kier alpha value is -1.35. The van der Waals surface area contributed by atoms with Gasteiger partial charge in [0.1, 0.15) is 0 Å². The highest BCUT2D eigenvalue weighted by Crippen LogP contribution is 2.08. The van der Waals surface area contributed by atoms with Gasteiger partial charge in [-0.1, -0.05) is 38.3 Å². The van der Waals surface area contributed by atoms with Gasteiger partial charge in [0.15, 0.2) is 0 Å². The topological polar surface area (TPSA) is 32.3 Å². The van der Waals surface area contributed by atoms with Gasteiger partial charge >= 0.3 is 0 Å². The third-order valence-corrected chi connectivity index (χ3v) is 3.29. The summed E-state index contributed by atoms with van der Waals surface area (Å²) in [7, 11) is 3.80. The number of rotatable bonds is 8. The fourth-order valence-corrected chi connectivity index (χ4v) is 2.11. The molecule has 0 aliphatic carbocycles. The zero-order chi connectivity index (χ0) is 14.1. The molecule has 0 aliphatic heterocycles. The number of nitrogens with zero attached hydrogens (tertiary/aromatic N) is 1. The summed E-state index contributed by atoms with van der Waals surface area (Å²) in [6.45, 7) is 4.31. The molecule has 1 N–H and O–H groups in total. The fourth-order valence-electron chi connectivity index (χ4n) is 2.11. The lowest BCUT2D eigenvalue weighted by Crippen LogP contribution is -2.20. The van der Waals surface area contributed by atoms with E-state index in [1.165, 1.54) is 31.2 Å². The Labute approximate surface area is 117 Å². The number of carbonyl (C=O) groups excluding carboxylic acids is 1. The lowest BCUT2D eigenvalue weighted by molar-refractivity contribution is 0.0963. The molecule has 0 aromatic heterocycles. The van der Waals surface area contributed by atoms with E-state index in [1.807, 2.05) is 24.3 Å². The monoisotopic (exact) mass is 262 g/mol. The first-order valence-electron chi connectivity index (χ1n) is 7.17. The van der Waals surface area contributed by atoms with Crippen molar-refractivity contribution in [1.82, 2.24) is 10.2 Å². The molecule has 0 heterocycles. The normalized spacial score (nSPS) is 10.7. The van der Waals surface area contributed by atoms with E-state index in [1.54, 1.807) is 7.05 Å². The van der Waals surface area contributed by atoms with E-state index >= 15 is 0 Å². The Morgan fingerprint density at radius 2 is 1.84 bits per heavy atom. The second kappa shape index (κ2) is 8.70. The van der Waals surface area contributed by atoms with E-state index in [-0.39, 0.29) is 5.91 Å². The third kappa shape index (κ3) is 5.88. The van der Waals surface area contributed by atoms with Gasteiger partial charge in [0.05, 0.1) is 0 Å². The van der Waals surface area contributed by atoms with E-state index in [0.717, 1.165) is 18.7 Å². The van der Waals surface area contributed by atoms with Crippen molar-refractivity contribution in [3.05, 3.63) is 35.4 Å². The van der Waals surface area contributed by atoms with Crippen LogP contribution in [0.5, 0.6) is 0 Å². The van der Waals surface area contributed by atoms with Crippen molar-refractivity contribution < 1.29 is 4.79 Å². The summed E-state index contributed by atoms with van der Waals surface area (Å²) in [5, 5.41) is 2.63. The summed E-state index contributed by atoms with van der Waals surface area (Å²) in [5.74, 6) is -0.0283. The molecule has 1 aromatic rings. The first-order chi connectivity index (χ1) is 9.17. The minimum Gasteiger partial charge on any atom is -0.355 e. The molecule has 1 amide bonds. The van der Waals surface area contributed by atoms with Crippen LogP contribution in [0.15, 0.2) is 24.3 Å². The second-order valence-corrected chi connectivity index (χ2v) is 5.07. The average Bonchev–Trinajstić information content (AvgIpc) is 2.43. The van der Waals surface area contributed by atoms with E-state index in [2.05, 4.69) is 24.2 Å². The van der Waals surface area contributed by atoms with Gasteiger partial charge in [-0.05, 0) is 37.7 Å². The zero-order valence-corrected chi connectivity index (χ0v) is 12.4. The molecule has 1 rings (SSSR count). The van der Waals surface area contributed by atoms with Gasteiger partial charge in [-0.25, -0.2) is 0 Å². The van der Waals surface area contributed by atoms with Crippen LogP contribution in [0.2, 0.25) is 0 Å². The first-order valence-corrected chi connectivity index (χ1v) is 7.17. The minimum atomic E-state index is -0.0283. The van der Waals surface area contributed by atoms with Crippen molar-refractivity contribution >= 4 is 5.91 Å². The largest absolute Gasteiger partial charge is 0.355 e. The van der Waals surface area contributed by atoms with Gasteiger partial charge in [0, 0.05) is 19.2 Å². The Kier molecular flexibility index (Phi) is 7.19. The predicted molar refractivity (Wildman–Crippen MR) is 80.3 cm³/mol. The molecular formula is C16H26N2O. The number of unbranched alkanes of at least 4 members (excludes halogenated alkanes) is 3. The molecule has 1 aromatic carbocycles. The molecule has 0 spiro atoms. The van der Waals surface area contributed by atoms with Crippen LogP contribution < -0.4 is 5.32 Å². The third-order valence-electron chi connectivity index (χ3n) is 3.29. The molecule has 0 saturated carbocycles. The summed E-state index contributed by atoms with van der Waals surface area (Å²) in [6.07, 6.45) is 5.19. The Balaban J connectivity index is 2.38. The molecule has 3 heteroatoms. The van der Waals surface area contributed by atoms with Crippen molar-refractivity contribution in [2.75, 3.05) is 20.6 Å². The lowest BCUT2D eigenvalue weighted by atomic mass is 10.1. The maximum absolute atomic E-state index is 11.4. The number of carbonyl (C=O) groups is 1. The Morgan fingerprint density at radius 1 is 1.16 bits per heavy atom. The molecule has 0 aliphatic rings. The second-order valence-electron chi connectivity index (χ2n) is 5.07. The van der Waals surface area contributed by atoms with Gasteiger partial charge < -0.3 is 10.2 Å². The van der Waals surface area contributed by atoms with E-state index in [4.69, 9.17) is 0 Å². The number of amides is 1. The van der Waals surface area contributed by atoms with E-state index < -0.39 is 0 Å². The lowest BCUT2D eigenvalue weighted by Gasteiger charge is -2.16. The fraction of sp³-hybridized carbons (Fsp3) is 0.562. The molecule has 0 radical (unpaired) electrons. The van der Waals surface area contributed by atoms with Crippen molar-refractivity contribution in [2.45, 2.75) is 39.2 Å². The minimum absolute atomic E-state index is 0.0283. The van der Waals surface area contributed by atoms with Gasteiger partial charge in [-0.15, -0.1) is 0 Å². The molecule has 3 nitrogen and oxygen atoms in total. The van der Waals surface area contributed by atoms with Gasteiger partial charge in [0.2, 0.25) is 0 Å². The van der Waals surface area contributed by atoms with Crippen LogP contribution in [-0.4, -0.2) is 31.4 Å². The van der Waals surface area contributed by atoms with Crippen LogP contribution in [-0.2, 0) is 6.54 Å². The molecule has 19 heavy (non-hydrogen) atoms. The standard InChI is InChI=1S/C16H26N2O/c1-4-5-6-7-12-18(3)13-14-8-10-15(11-9-14)16(19)17-2/h8-11H,4-7,12-13H2,1-3H3,(H,17,19). The van der Waals surface area contributed by atoms with Crippen LogP contribution in [0.1, 0.15) is 48.5 Å². The Morgan fingerprint density at radius 3 is 2.42 bits per heavy atom. The smallest absolute Gasteiger partial charge is 0.251 e. The molecule has 0 unspecified atom stereocenters. The summed E-state index contributed by atoms with van der Waals surface area (Å²) in [6, 6.07) is 7.85. The van der Waals surface area contributed by atoms with Crippen LogP contribution in [0.4, 0.5) is 0 Å². The highest BCUT2D eigenvalue weighted by Gasteiger charge is 2.04. The summed E-state index contributed by atoms with van der Waals surface area (Å²) in [4.78, 5) is 13.8. The van der Waals surface area contributed by atoms with Gasteiger partial charge in [0.25, 0.3) is 5.91 Å². The highest BCUT2D eigenvalue weighted by molar-refractivity contribution is 5.93. The SMILES string of the molecule is CCCCCCN(C)Cc1ccc(C(=O)NC)cc1. The van der Waals surface area contributed by atoms with Gasteiger partial charge in [-0.2, -0.15) is 0 Å². The maximum atomic E-state index is 11.4. The molecule has 106 valence electrons. The van der Waals surface area contributed by atoms with Crippen molar-refractivity contribution in [1.29, 1.82) is 0 Å². The summed E-state index contributed by atoms with van der Waals surface area (Å²) >= 11 is 0. The van der Waals surface area contributed by atoms with Gasteiger partial charge in [-0.3, -0.25) is 4.79 Å². The molecule has 0 fully saturated rings. The average molecular weight is 262 g/mol. The van der Waals surface area contributed by atoms with Crippen molar-refractivity contribution in [3.63, 3.8) is 0 Å².